The molecule has 0 heterocycles. The minimum Gasteiger partial charge on any atom is -0.493 e. The summed E-state index contributed by atoms with van der Waals surface area (Å²) in [5.74, 6) is 1.84. The van der Waals surface area contributed by atoms with Gasteiger partial charge in [-0.25, -0.2) is 0 Å². The molecule has 0 unspecified atom stereocenters. The van der Waals surface area contributed by atoms with E-state index in [9.17, 15) is 4.79 Å². The van der Waals surface area contributed by atoms with Crippen LogP contribution in [0.1, 0.15) is 13.8 Å². The summed E-state index contributed by atoms with van der Waals surface area (Å²) in [5.41, 5.74) is 6.50. The molecule has 5 nitrogen and oxygen atoms in total. The van der Waals surface area contributed by atoms with Crippen molar-refractivity contribution in [2.24, 2.45) is 11.7 Å². The summed E-state index contributed by atoms with van der Waals surface area (Å²) >= 11 is 0. The van der Waals surface area contributed by atoms with Gasteiger partial charge in [-0.3, -0.25) is 4.79 Å². The van der Waals surface area contributed by atoms with Crippen LogP contribution in [0.15, 0.2) is 48.5 Å². The largest absolute Gasteiger partial charge is 0.493 e. The maximum Gasteiger partial charge on any atom is 0.241 e. The first-order chi connectivity index (χ1) is 11.0. The molecular weight excluding hydrogens is 292 g/mol. The third kappa shape index (κ3) is 4.47. The van der Waals surface area contributed by atoms with Crippen molar-refractivity contribution in [3.63, 3.8) is 0 Å². The number of nitrogens with one attached hydrogen (secondary N) is 1. The predicted octanol–water partition coefficient (Wildman–Crippen LogP) is 3.41. The fourth-order valence-electron chi connectivity index (χ4n) is 1.96. The zero-order valence-electron chi connectivity index (χ0n) is 13.6. The van der Waals surface area contributed by atoms with Crippen molar-refractivity contribution in [2.45, 2.75) is 19.9 Å². The second-order valence-electron chi connectivity index (χ2n) is 5.54. The van der Waals surface area contributed by atoms with Crippen LogP contribution < -0.4 is 20.5 Å². The van der Waals surface area contributed by atoms with Gasteiger partial charge in [0, 0.05) is 5.69 Å². The summed E-state index contributed by atoms with van der Waals surface area (Å²) in [5, 5.41) is 2.79. The van der Waals surface area contributed by atoms with Gasteiger partial charge in [-0.2, -0.15) is 0 Å². The molecule has 0 bridgehead atoms. The SMILES string of the molecule is COc1ccccc1Oc1ccc(NC(=O)[C@@H](N)C(C)C)cc1. The number of carbonyl (C=O) groups is 1. The number of carbonyl (C=O) groups excluding carboxylic acids is 1. The first kappa shape index (κ1) is 16.8. The number of para-hydroxylation sites is 2. The average molecular weight is 314 g/mol. The van der Waals surface area contributed by atoms with Gasteiger partial charge in [-0.05, 0) is 42.3 Å². The second kappa shape index (κ2) is 7.65. The smallest absolute Gasteiger partial charge is 0.241 e. The summed E-state index contributed by atoms with van der Waals surface area (Å²) in [6.45, 7) is 3.82. The van der Waals surface area contributed by atoms with Gasteiger partial charge < -0.3 is 20.5 Å². The van der Waals surface area contributed by atoms with Crippen molar-refractivity contribution in [2.75, 3.05) is 12.4 Å². The summed E-state index contributed by atoms with van der Waals surface area (Å²) < 4.78 is 11.0. The lowest BCUT2D eigenvalue weighted by Crippen LogP contribution is -2.39. The highest BCUT2D eigenvalue weighted by Crippen LogP contribution is 2.31. The Labute approximate surface area is 136 Å². The molecule has 23 heavy (non-hydrogen) atoms. The molecule has 0 spiro atoms. The minimum atomic E-state index is -0.528. The van der Waals surface area contributed by atoms with E-state index in [1.54, 1.807) is 31.4 Å². The van der Waals surface area contributed by atoms with Crippen molar-refractivity contribution in [1.29, 1.82) is 0 Å². The van der Waals surface area contributed by atoms with E-state index in [0.29, 0.717) is 22.9 Å². The van der Waals surface area contributed by atoms with E-state index in [0.717, 1.165) is 0 Å². The first-order valence-corrected chi connectivity index (χ1v) is 7.48. The van der Waals surface area contributed by atoms with E-state index >= 15 is 0 Å². The Morgan fingerprint density at radius 3 is 2.22 bits per heavy atom. The Morgan fingerprint density at radius 1 is 1.04 bits per heavy atom. The van der Waals surface area contributed by atoms with Gasteiger partial charge in [0.05, 0.1) is 13.2 Å². The molecule has 0 saturated heterocycles. The van der Waals surface area contributed by atoms with Crippen LogP contribution in [-0.4, -0.2) is 19.1 Å². The van der Waals surface area contributed by atoms with E-state index < -0.39 is 6.04 Å². The summed E-state index contributed by atoms with van der Waals surface area (Å²) in [6.07, 6.45) is 0. The third-order valence-corrected chi connectivity index (χ3v) is 3.44. The number of rotatable bonds is 6. The predicted molar refractivity (Wildman–Crippen MR) is 91.0 cm³/mol. The van der Waals surface area contributed by atoms with Gasteiger partial charge in [0.15, 0.2) is 11.5 Å². The first-order valence-electron chi connectivity index (χ1n) is 7.48. The van der Waals surface area contributed by atoms with Crippen LogP contribution >= 0.6 is 0 Å². The minimum absolute atomic E-state index is 0.0863. The molecule has 0 fully saturated rings. The van der Waals surface area contributed by atoms with Crippen LogP contribution in [0.25, 0.3) is 0 Å². The number of methoxy groups -OCH3 is 1. The van der Waals surface area contributed by atoms with E-state index in [2.05, 4.69) is 5.32 Å². The normalized spacial score (nSPS) is 11.9. The summed E-state index contributed by atoms with van der Waals surface area (Å²) in [7, 11) is 1.60. The molecule has 0 aliphatic heterocycles. The lowest BCUT2D eigenvalue weighted by Gasteiger charge is -2.15. The standard InChI is InChI=1S/C18H22N2O3/c1-12(2)17(19)18(21)20-13-8-10-14(11-9-13)23-16-7-5-4-6-15(16)22-3/h4-12,17H,19H2,1-3H3,(H,20,21)/t17-/m0/s1. The van der Waals surface area contributed by atoms with Gasteiger partial charge >= 0.3 is 0 Å². The third-order valence-electron chi connectivity index (χ3n) is 3.44. The van der Waals surface area contributed by atoms with Crippen LogP contribution in [0.4, 0.5) is 5.69 Å². The second-order valence-corrected chi connectivity index (χ2v) is 5.54. The lowest BCUT2D eigenvalue weighted by molar-refractivity contribution is -0.118. The van der Waals surface area contributed by atoms with Gasteiger partial charge in [0.25, 0.3) is 0 Å². The van der Waals surface area contributed by atoms with Crippen LogP contribution in [0, 0.1) is 5.92 Å². The Hall–Kier alpha value is -2.53. The maximum atomic E-state index is 11.9. The molecule has 3 N–H and O–H groups in total. The molecule has 5 heteroatoms. The number of hydrogen-bond donors (Lipinski definition) is 2. The molecule has 2 rings (SSSR count). The van der Waals surface area contributed by atoms with Crippen LogP contribution in [0.2, 0.25) is 0 Å². The Balaban J connectivity index is 2.04. The monoisotopic (exact) mass is 314 g/mol. The highest BCUT2D eigenvalue weighted by molar-refractivity contribution is 5.94. The molecule has 0 aromatic heterocycles. The lowest BCUT2D eigenvalue weighted by atomic mass is 10.1. The van der Waals surface area contributed by atoms with Crippen LogP contribution in [0.5, 0.6) is 17.2 Å². The number of amides is 1. The van der Waals surface area contributed by atoms with E-state index in [4.69, 9.17) is 15.2 Å². The fourth-order valence-corrected chi connectivity index (χ4v) is 1.96. The molecule has 1 atom stereocenters. The van der Waals surface area contributed by atoms with Gasteiger partial charge in [0.1, 0.15) is 5.75 Å². The number of nitrogens with two attached hydrogens (primary N) is 1. The topological polar surface area (TPSA) is 73.6 Å². The van der Waals surface area contributed by atoms with E-state index in [1.165, 1.54) is 0 Å². The van der Waals surface area contributed by atoms with E-state index in [-0.39, 0.29) is 11.8 Å². The molecule has 2 aromatic rings. The van der Waals surface area contributed by atoms with Crippen molar-refractivity contribution in [1.82, 2.24) is 0 Å². The Morgan fingerprint density at radius 2 is 1.65 bits per heavy atom. The van der Waals surface area contributed by atoms with Gasteiger partial charge in [-0.1, -0.05) is 26.0 Å². The average Bonchev–Trinajstić information content (AvgIpc) is 2.56. The molecular formula is C18H22N2O3. The zero-order chi connectivity index (χ0) is 16.8. The molecule has 0 aliphatic rings. The highest BCUT2D eigenvalue weighted by atomic mass is 16.5. The maximum absolute atomic E-state index is 11.9. The molecule has 0 aliphatic carbocycles. The zero-order valence-corrected chi connectivity index (χ0v) is 13.6. The molecule has 122 valence electrons. The quantitative estimate of drug-likeness (QED) is 0.857. The Bertz CT molecular complexity index is 654. The van der Waals surface area contributed by atoms with Crippen molar-refractivity contribution in [3.8, 4) is 17.2 Å². The number of hydrogen-bond acceptors (Lipinski definition) is 4. The fraction of sp³-hybridized carbons (Fsp3) is 0.278. The summed E-state index contributed by atoms with van der Waals surface area (Å²) in [4.78, 5) is 11.9. The van der Waals surface area contributed by atoms with Crippen LogP contribution in [0.3, 0.4) is 0 Å². The van der Waals surface area contributed by atoms with Crippen molar-refractivity contribution >= 4 is 11.6 Å². The Kier molecular flexibility index (Phi) is 5.60. The van der Waals surface area contributed by atoms with Gasteiger partial charge in [-0.15, -0.1) is 0 Å². The number of anilines is 1. The van der Waals surface area contributed by atoms with Crippen molar-refractivity contribution < 1.29 is 14.3 Å². The molecule has 0 radical (unpaired) electrons. The van der Waals surface area contributed by atoms with Crippen molar-refractivity contribution in [3.05, 3.63) is 48.5 Å². The molecule has 1 amide bonds. The summed E-state index contributed by atoms with van der Waals surface area (Å²) in [6, 6.07) is 14.0. The molecule has 2 aromatic carbocycles. The molecule has 0 saturated carbocycles. The van der Waals surface area contributed by atoms with Gasteiger partial charge in [0.2, 0.25) is 5.91 Å². The number of ether oxygens (including phenoxy) is 2. The highest BCUT2D eigenvalue weighted by Gasteiger charge is 2.17. The van der Waals surface area contributed by atoms with E-state index in [1.807, 2.05) is 38.1 Å². The number of benzene rings is 2. The van der Waals surface area contributed by atoms with Crippen LogP contribution in [-0.2, 0) is 4.79 Å².